The first kappa shape index (κ1) is 15.8. The minimum atomic E-state index is -0.00407. The van der Waals surface area contributed by atoms with E-state index in [1.165, 1.54) is 12.8 Å². The molecular formula is C17H25NO3. The number of methoxy groups -OCH3 is 2. The molecule has 0 aliphatic carbocycles. The van der Waals surface area contributed by atoms with E-state index in [0.29, 0.717) is 17.1 Å². The molecule has 1 fully saturated rings. The number of benzene rings is 1. The highest BCUT2D eigenvalue weighted by molar-refractivity contribution is 6.00. The molecule has 0 aromatic heterocycles. The van der Waals surface area contributed by atoms with E-state index in [0.717, 1.165) is 25.9 Å². The van der Waals surface area contributed by atoms with Crippen LogP contribution in [-0.2, 0) is 0 Å². The zero-order valence-electron chi connectivity index (χ0n) is 13.2. The third-order valence-corrected chi connectivity index (χ3v) is 4.11. The summed E-state index contributed by atoms with van der Waals surface area (Å²) >= 11 is 0. The second-order valence-corrected chi connectivity index (χ2v) is 5.48. The van der Waals surface area contributed by atoms with Crippen LogP contribution in [0.15, 0.2) is 18.2 Å². The lowest BCUT2D eigenvalue weighted by Gasteiger charge is -2.26. The summed E-state index contributed by atoms with van der Waals surface area (Å²) in [4.78, 5) is 15.2. The van der Waals surface area contributed by atoms with Crippen molar-refractivity contribution < 1.29 is 14.3 Å². The van der Waals surface area contributed by atoms with Crippen molar-refractivity contribution in [2.24, 2.45) is 0 Å². The summed E-state index contributed by atoms with van der Waals surface area (Å²) in [6, 6.07) is 5.43. The van der Waals surface area contributed by atoms with Gasteiger partial charge in [0, 0.05) is 5.56 Å². The highest BCUT2D eigenvalue weighted by Crippen LogP contribution is 2.29. The summed E-state index contributed by atoms with van der Waals surface area (Å²) in [5.41, 5.74) is 0.706. The highest BCUT2D eigenvalue weighted by Gasteiger charge is 2.28. The Balaban J connectivity index is 2.23. The largest absolute Gasteiger partial charge is 0.493 e. The van der Waals surface area contributed by atoms with Gasteiger partial charge >= 0.3 is 0 Å². The van der Waals surface area contributed by atoms with Crippen molar-refractivity contribution >= 4 is 5.78 Å². The molecule has 0 radical (unpaired) electrons. The van der Waals surface area contributed by atoms with Crippen molar-refractivity contribution in [3.05, 3.63) is 23.8 Å². The van der Waals surface area contributed by atoms with Crippen LogP contribution in [0, 0.1) is 0 Å². The Morgan fingerprint density at radius 3 is 2.43 bits per heavy atom. The van der Waals surface area contributed by atoms with Gasteiger partial charge in [0.15, 0.2) is 17.3 Å². The number of rotatable bonds is 7. The van der Waals surface area contributed by atoms with Crippen LogP contribution in [0.25, 0.3) is 0 Å². The van der Waals surface area contributed by atoms with E-state index in [9.17, 15) is 4.79 Å². The first-order chi connectivity index (χ1) is 10.2. The number of carbonyl (C=O) groups is 1. The van der Waals surface area contributed by atoms with Crippen molar-refractivity contribution in [2.75, 3.05) is 27.3 Å². The Morgan fingerprint density at radius 1 is 1.19 bits per heavy atom. The Hall–Kier alpha value is -1.55. The molecule has 0 spiro atoms. The van der Waals surface area contributed by atoms with Crippen LogP contribution in [0.2, 0.25) is 0 Å². The Labute approximate surface area is 127 Å². The van der Waals surface area contributed by atoms with Crippen LogP contribution in [0.5, 0.6) is 11.5 Å². The van der Waals surface area contributed by atoms with E-state index in [1.807, 2.05) is 6.07 Å². The van der Waals surface area contributed by atoms with E-state index in [1.54, 1.807) is 26.4 Å². The Morgan fingerprint density at radius 2 is 1.86 bits per heavy atom. The summed E-state index contributed by atoms with van der Waals surface area (Å²) in [5.74, 6) is 1.46. The molecule has 116 valence electrons. The van der Waals surface area contributed by atoms with Crippen LogP contribution in [0.4, 0.5) is 0 Å². The molecule has 1 aromatic carbocycles. The SMILES string of the molecule is CCC[C@@H](C(=O)c1ccc(OC)c(OC)c1)N1CCCC1. The third kappa shape index (κ3) is 3.56. The second-order valence-electron chi connectivity index (χ2n) is 5.48. The molecule has 1 aliphatic rings. The quantitative estimate of drug-likeness (QED) is 0.723. The lowest BCUT2D eigenvalue weighted by atomic mass is 9.99. The Bertz CT molecular complexity index is 481. The lowest BCUT2D eigenvalue weighted by molar-refractivity contribution is 0.0836. The van der Waals surface area contributed by atoms with Crippen molar-refractivity contribution in [2.45, 2.75) is 38.6 Å². The maximum atomic E-state index is 12.9. The average Bonchev–Trinajstić information content (AvgIpc) is 3.05. The molecule has 2 rings (SSSR count). The number of hydrogen-bond donors (Lipinski definition) is 0. The van der Waals surface area contributed by atoms with Gasteiger partial charge in [-0.05, 0) is 50.6 Å². The van der Waals surface area contributed by atoms with Gasteiger partial charge in [0.2, 0.25) is 0 Å². The smallest absolute Gasteiger partial charge is 0.180 e. The van der Waals surface area contributed by atoms with Gasteiger partial charge in [-0.1, -0.05) is 13.3 Å². The summed E-state index contributed by atoms with van der Waals surface area (Å²) in [6.45, 7) is 4.19. The predicted molar refractivity (Wildman–Crippen MR) is 83.4 cm³/mol. The predicted octanol–water partition coefficient (Wildman–Crippen LogP) is 3.15. The van der Waals surface area contributed by atoms with Gasteiger partial charge in [-0.25, -0.2) is 0 Å². The van der Waals surface area contributed by atoms with Gasteiger partial charge in [0.25, 0.3) is 0 Å². The molecule has 21 heavy (non-hydrogen) atoms. The van der Waals surface area contributed by atoms with Crippen LogP contribution in [0.1, 0.15) is 43.0 Å². The summed E-state index contributed by atoms with van der Waals surface area (Å²) in [5, 5.41) is 0. The van der Waals surface area contributed by atoms with Gasteiger partial charge in [0.1, 0.15) is 0 Å². The molecule has 1 saturated heterocycles. The van der Waals surface area contributed by atoms with Crippen molar-refractivity contribution in [1.29, 1.82) is 0 Å². The molecule has 0 N–H and O–H groups in total. The maximum Gasteiger partial charge on any atom is 0.180 e. The zero-order chi connectivity index (χ0) is 15.2. The molecule has 1 atom stereocenters. The van der Waals surface area contributed by atoms with E-state index < -0.39 is 0 Å². The summed E-state index contributed by atoms with van der Waals surface area (Å²) < 4.78 is 10.5. The van der Waals surface area contributed by atoms with Gasteiger partial charge in [-0.3, -0.25) is 9.69 Å². The molecular weight excluding hydrogens is 266 g/mol. The maximum absolute atomic E-state index is 12.9. The second kappa shape index (κ2) is 7.46. The fourth-order valence-corrected chi connectivity index (χ4v) is 2.99. The fraction of sp³-hybridized carbons (Fsp3) is 0.588. The van der Waals surface area contributed by atoms with Gasteiger partial charge in [-0.15, -0.1) is 0 Å². The van der Waals surface area contributed by atoms with Crippen molar-refractivity contribution in [3.8, 4) is 11.5 Å². The standard InChI is InChI=1S/C17H25NO3/c1-4-7-14(18-10-5-6-11-18)17(19)13-8-9-15(20-2)16(12-13)21-3/h8-9,12,14H,4-7,10-11H2,1-3H3/t14-/m0/s1. The molecule has 0 unspecified atom stereocenters. The number of likely N-dealkylation sites (tertiary alicyclic amines) is 1. The topological polar surface area (TPSA) is 38.8 Å². The van der Waals surface area contributed by atoms with Crippen LogP contribution >= 0.6 is 0 Å². The van der Waals surface area contributed by atoms with E-state index in [4.69, 9.17) is 9.47 Å². The number of ketones is 1. The highest BCUT2D eigenvalue weighted by atomic mass is 16.5. The van der Waals surface area contributed by atoms with E-state index in [2.05, 4.69) is 11.8 Å². The molecule has 1 heterocycles. The van der Waals surface area contributed by atoms with Crippen molar-refractivity contribution in [1.82, 2.24) is 4.90 Å². The van der Waals surface area contributed by atoms with Crippen molar-refractivity contribution in [3.63, 3.8) is 0 Å². The minimum Gasteiger partial charge on any atom is -0.493 e. The average molecular weight is 291 g/mol. The van der Waals surface area contributed by atoms with Crippen LogP contribution in [0.3, 0.4) is 0 Å². The molecule has 0 amide bonds. The van der Waals surface area contributed by atoms with Crippen LogP contribution in [-0.4, -0.2) is 44.0 Å². The minimum absolute atomic E-state index is 0.00407. The molecule has 4 heteroatoms. The number of carbonyl (C=O) groups excluding carboxylic acids is 1. The first-order valence-electron chi connectivity index (χ1n) is 7.71. The monoisotopic (exact) mass is 291 g/mol. The van der Waals surface area contributed by atoms with E-state index >= 15 is 0 Å². The van der Waals surface area contributed by atoms with Crippen LogP contribution < -0.4 is 9.47 Å². The van der Waals surface area contributed by atoms with Gasteiger partial charge in [0.05, 0.1) is 20.3 Å². The number of hydrogen-bond acceptors (Lipinski definition) is 4. The van der Waals surface area contributed by atoms with Gasteiger partial charge < -0.3 is 9.47 Å². The molecule has 0 saturated carbocycles. The van der Waals surface area contributed by atoms with E-state index in [-0.39, 0.29) is 11.8 Å². The third-order valence-electron chi connectivity index (χ3n) is 4.11. The summed E-state index contributed by atoms with van der Waals surface area (Å²) in [7, 11) is 3.19. The molecule has 1 aliphatic heterocycles. The first-order valence-corrected chi connectivity index (χ1v) is 7.71. The molecule has 1 aromatic rings. The number of ether oxygens (including phenoxy) is 2. The normalized spacial score (nSPS) is 16.7. The summed E-state index contributed by atoms with van der Waals surface area (Å²) in [6.07, 6.45) is 4.31. The number of Topliss-reactive ketones (excluding diaryl/α,β-unsaturated/α-hetero) is 1. The fourth-order valence-electron chi connectivity index (χ4n) is 2.99. The number of nitrogens with zero attached hydrogens (tertiary/aromatic N) is 1. The molecule has 4 nitrogen and oxygen atoms in total. The zero-order valence-corrected chi connectivity index (χ0v) is 13.2. The van der Waals surface area contributed by atoms with Gasteiger partial charge in [-0.2, -0.15) is 0 Å². The molecule has 0 bridgehead atoms. The Kier molecular flexibility index (Phi) is 5.62. The lowest BCUT2D eigenvalue weighted by Crippen LogP contribution is -2.39.